The minimum atomic E-state index is -1.23. The van der Waals surface area contributed by atoms with Gasteiger partial charge >= 0.3 is 5.97 Å². The van der Waals surface area contributed by atoms with Crippen LogP contribution in [0.2, 0.25) is 0 Å². The van der Waals surface area contributed by atoms with E-state index >= 15 is 0 Å². The normalized spacial score (nSPS) is 11.3. The number of rotatable bonds is 8. The fourth-order valence-electron chi connectivity index (χ4n) is 2.40. The average molecular weight is 406 g/mol. The largest absolute Gasteiger partial charge is 0.493 e. The molecule has 1 N–H and O–H groups in total. The lowest BCUT2D eigenvalue weighted by molar-refractivity contribution is -0.385. The molecular weight excluding hydrogens is 387 g/mol. The minimum absolute atomic E-state index is 0.0702. The van der Waals surface area contributed by atoms with E-state index in [1.165, 1.54) is 45.4 Å². The van der Waals surface area contributed by atoms with Crippen molar-refractivity contribution < 1.29 is 33.1 Å². The zero-order valence-electron chi connectivity index (χ0n) is 15.9. The Balaban J connectivity index is 2.10. The van der Waals surface area contributed by atoms with E-state index in [4.69, 9.17) is 14.2 Å². The maximum Gasteiger partial charge on any atom is 0.346 e. The molecule has 0 saturated carbocycles. The van der Waals surface area contributed by atoms with Crippen LogP contribution in [-0.4, -0.2) is 37.1 Å². The fraction of sp³-hybridized carbons (Fsp3) is 0.263. The van der Waals surface area contributed by atoms with Crippen molar-refractivity contribution in [1.29, 1.82) is 0 Å². The van der Waals surface area contributed by atoms with Crippen molar-refractivity contribution in [2.24, 2.45) is 0 Å². The van der Waals surface area contributed by atoms with Crippen molar-refractivity contribution >= 4 is 17.6 Å². The number of hydrogen-bond acceptors (Lipinski definition) is 7. The van der Waals surface area contributed by atoms with Crippen LogP contribution >= 0.6 is 0 Å². The summed E-state index contributed by atoms with van der Waals surface area (Å²) >= 11 is 0. The van der Waals surface area contributed by atoms with Crippen molar-refractivity contribution in [1.82, 2.24) is 5.32 Å². The maximum atomic E-state index is 12.9. The number of halogens is 1. The van der Waals surface area contributed by atoms with Crippen molar-refractivity contribution in [2.45, 2.75) is 19.6 Å². The number of nitrogens with zero attached hydrogens (tertiary/aromatic N) is 1. The van der Waals surface area contributed by atoms with Crippen LogP contribution in [-0.2, 0) is 16.1 Å². The van der Waals surface area contributed by atoms with Crippen LogP contribution < -0.4 is 14.8 Å². The first-order chi connectivity index (χ1) is 13.8. The SMILES string of the molecule is COc1cc(C(=O)O[C@H](C)C(=O)NCc2ccc(F)cc2)c([N+](=O)[O-])cc1OC. The third kappa shape index (κ3) is 5.41. The molecule has 29 heavy (non-hydrogen) atoms. The molecule has 9 nitrogen and oxygen atoms in total. The topological polar surface area (TPSA) is 117 Å². The lowest BCUT2D eigenvalue weighted by atomic mass is 10.1. The second-order valence-electron chi connectivity index (χ2n) is 5.87. The van der Waals surface area contributed by atoms with E-state index in [1.807, 2.05) is 0 Å². The van der Waals surface area contributed by atoms with Gasteiger partial charge in [0.25, 0.3) is 11.6 Å². The number of amides is 1. The summed E-state index contributed by atoms with van der Waals surface area (Å²) in [6.45, 7) is 1.42. The molecule has 0 fully saturated rings. The molecule has 1 amide bonds. The number of hydrogen-bond donors (Lipinski definition) is 1. The number of methoxy groups -OCH3 is 2. The van der Waals surface area contributed by atoms with Crippen molar-refractivity contribution in [3.63, 3.8) is 0 Å². The van der Waals surface area contributed by atoms with Gasteiger partial charge < -0.3 is 19.5 Å². The van der Waals surface area contributed by atoms with Crippen LogP contribution in [0.3, 0.4) is 0 Å². The molecule has 2 aromatic rings. The summed E-state index contributed by atoms with van der Waals surface area (Å²) < 4.78 is 28.0. The highest BCUT2D eigenvalue weighted by molar-refractivity contribution is 5.96. The molecule has 0 spiro atoms. The molecule has 0 heterocycles. The molecule has 2 aromatic carbocycles. The quantitative estimate of drug-likeness (QED) is 0.407. The van der Waals surface area contributed by atoms with Gasteiger partial charge in [0.1, 0.15) is 11.4 Å². The standard InChI is InChI=1S/C19H19FN2O7/c1-11(18(23)21-10-12-4-6-13(20)7-5-12)29-19(24)14-8-16(27-2)17(28-3)9-15(14)22(25)26/h4-9,11H,10H2,1-3H3,(H,21,23)/t11-/m1/s1. The van der Waals surface area contributed by atoms with Crippen LogP contribution in [0.1, 0.15) is 22.8 Å². The lowest BCUT2D eigenvalue weighted by Gasteiger charge is -2.15. The van der Waals surface area contributed by atoms with E-state index in [0.717, 1.165) is 12.1 Å². The van der Waals surface area contributed by atoms with E-state index in [2.05, 4.69) is 5.32 Å². The van der Waals surface area contributed by atoms with Crippen LogP contribution in [0.15, 0.2) is 36.4 Å². The molecule has 0 aliphatic carbocycles. The first-order valence-corrected chi connectivity index (χ1v) is 8.40. The predicted molar refractivity (Wildman–Crippen MR) is 99.3 cm³/mol. The van der Waals surface area contributed by atoms with Crippen LogP contribution in [0.4, 0.5) is 10.1 Å². The summed E-state index contributed by atoms with van der Waals surface area (Å²) in [5, 5.41) is 13.8. The van der Waals surface area contributed by atoms with Crippen LogP contribution in [0.5, 0.6) is 11.5 Å². The average Bonchev–Trinajstić information content (AvgIpc) is 2.71. The Morgan fingerprint density at radius 3 is 2.28 bits per heavy atom. The Hall–Kier alpha value is -3.69. The molecule has 0 unspecified atom stereocenters. The van der Waals surface area contributed by atoms with Gasteiger partial charge in [-0.3, -0.25) is 14.9 Å². The second-order valence-corrected chi connectivity index (χ2v) is 5.87. The minimum Gasteiger partial charge on any atom is -0.493 e. The van der Waals surface area contributed by atoms with E-state index in [-0.39, 0.29) is 23.6 Å². The molecule has 2 rings (SSSR count). The van der Waals surface area contributed by atoms with Gasteiger partial charge in [-0.2, -0.15) is 0 Å². The first-order valence-electron chi connectivity index (χ1n) is 8.40. The molecule has 0 aliphatic rings. The van der Waals surface area contributed by atoms with E-state index in [0.29, 0.717) is 5.56 Å². The molecule has 10 heteroatoms. The van der Waals surface area contributed by atoms with Crippen LogP contribution in [0.25, 0.3) is 0 Å². The molecule has 1 atom stereocenters. The second kappa shape index (κ2) is 9.49. The number of ether oxygens (including phenoxy) is 3. The van der Waals surface area contributed by atoms with E-state index in [1.54, 1.807) is 0 Å². The molecule has 154 valence electrons. The molecule has 0 bridgehead atoms. The van der Waals surface area contributed by atoms with Gasteiger partial charge in [-0.1, -0.05) is 12.1 Å². The number of carbonyl (C=O) groups excluding carboxylic acids is 2. The predicted octanol–water partition coefficient (Wildman–Crippen LogP) is 2.61. The summed E-state index contributed by atoms with van der Waals surface area (Å²) in [6, 6.07) is 7.65. The molecule has 0 saturated heterocycles. The van der Waals surface area contributed by atoms with Gasteiger partial charge in [0.05, 0.1) is 25.2 Å². The van der Waals surface area contributed by atoms with Crippen LogP contribution in [0, 0.1) is 15.9 Å². The Morgan fingerprint density at radius 2 is 1.72 bits per heavy atom. The molecule has 0 radical (unpaired) electrons. The highest BCUT2D eigenvalue weighted by Gasteiger charge is 2.28. The number of nitro groups is 1. The Bertz CT molecular complexity index is 916. The summed E-state index contributed by atoms with van der Waals surface area (Å²) in [7, 11) is 2.61. The lowest BCUT2D eigenvalue weighted by Crippen LogP contribution is -2.35. The summed E-state index contributed by atoms with van der Waals surface area (Å²) in [6.07, 6.45) is -1.23. The number of benzene rings is 2. The summed E-state index contributed by atoms with van der Waals surface area (Å²) in [5.41, 5.74) is -0.286. The van der Waals surface area contributed by atoms with Crippen molar-refractivity contribution in [3.05, 3.63) is 63.5 Å². The van der Waals surface area contributed by atoms with Gasteiger partial charge in [-0.05, 0) is 24.6 Å². The van der Waals surface area contributed by atoms with Gasteiger partial charge in [-0.15, -0.1) is 0 Å². The number of esters is 1. The van der Waals surface area contributed by atoms with Gasteiger partial charge in [0, 0.05) is 12.6 Å². The third-order valence-corrected chi connectivity index (χ3v) is 3.95. The monoisotopic (exact) mass is 406 g/mol. The van der Waals surface area contributed by atoms with Gasteiger partial charge in [0.15, 0.2) is 17.6 Å². The highest BCUT2D eigenvalue weighted by Crippen LogP contribution is 2.34. The smallest absolute Gasteiger partial charge is 0.346 e. The summed E-state index contributed by atoms with van der Waals surface area (Å²) in [5.74, 6) is -1.92. The zero-order chi connectivity index (χ0) is 21.6. The maximum absolute atomic E-state index is 12.9. The molecule has 0 aromatic heterocycles. The Morgan fingerprint density at radius 1 is 1.14 bits per heavy atom. The summed E-state index contributed by atoms with van der Waals surface area (Å²) in [4.78, 5) is 35.1. The van der Waals surface area contributed by atoms with Gasteiger partial charge in [-0.25, -0.2) is 9.18 Å². The number of nitro benzene ring substituents is 1. The van der Waals surface area contributed by atoms with E-state index < -0.39 is 34.4 Å². The number of carbonyl (C=O) groups is 2. The zero-order valence-corrected chi connectivity index (χ0v) is 15.9. The van der Waals surface area contributed by atoms with Crippen molar-refractivity contribution in [2.75, 3.05) is 14.2 Å². The number of nitrogens with one attached hydrogen (secondary N) is 1. The molecular formula is C19H19FN2O7. The third-order valence-electron chi connectivity index (χ3n) is 3.95. The van der Waals surface area contributed by atoms with Crippen molar-refractivity contribution in [3.8, 4) is 11.5 Å². The Labute approximate surface area is 165 Å². The van der Waals surface area contributed by atoms with E-state index in [9.17, 15) is 24.1 Å². The van der Waals surface area contributed by atoms with Gasteiger partial charge in [0.2, 0.25) is 0 Å². The highest BCUT2D eigenvalue weighted by atomic mass is 19.1. The Kier molecular flexibility index (Phi) is 7.07. The fourth-order valence-corrected chi connectivity index (χ4v) is 2.40. The first kappa shape index (κ1) is 21.6. The molecule has 0 aliphatic heterocycles.